The summed E-state index contributed by atoms with van der Waals surface area (Å²) in [5.74, 6) is 0.660. The lowest BCUT2D eigenvalue weighted by atomic mass is 9.65. The number of carbonyl (C=O) groups excluding carboxylic acids is 1. The lowest BCUT2D eigenvalue weighted by molar-refractivity contribution is 0.234. The zero-order valence-corrected chi connectivity index (χ0v) is 16.5. The Hall–Kier alpha value is -2.64. The summed E-state index contributed by atoms with van der Waals surface area (Å²) in [6.07, 6.45) is 6.51. The molecule has 1 aromatic carbocycles. The van der Waals surface area contributed by atoms with Gasteiger partial charge < -0.3 is 5.32 Å². The minimum Gasteiger partial charge on any atom is -0.338 e. The molecule has 3 heterocycles. The van der Waals surface area contributed by atoms with Crippen LogP contribution < -0.4 is 15.9 Å². The molecule has 3 aliphatic rings. The van der Waals surface area contributed by atoms with Crippen molar-refractivity contribution >= 4 is 11.7 Å². The molecule has 1 spiro atoms. The Kier molecular flexibility index (Phi) is 4.44. The van der Waals surface area contributed by atoms with Crippen LogP contribution in [-0.4, -0.2) is 33.5 Å². The van der Waals surface area contributed by atoms with E-state index in [4.69, 9.17) is 0 Å². The minimum absolute atomic E-state index is 0.0538. The first kappa shape index (κ1) is 18.4. The number of nitrogens with one attached hydrogen (secondary N) is 1. The van der Waals surface area contributed by atoms with Gasteiger partial charge in [0.05, 0.1) is 5.69 Å². The van der Waals surface area contributed by atoms with E-state index in [0.29, 0.717) is 37.3 Å². The molecule has 154 valence electrons. The Morgan fingerprint density at radius 1 is 1.24 bits per heavy atom. The molecule has 1 aromatic heterocycles. The van der Waals surface area contributed by atoms with Crippen molar-refractivity contribution < 1.29 is 9.18 Å². The maximum absolute atomic E-state index is 14.5. The number of urea groups is 1. The van der Waals surface area contributed by atoms with Crippen LogP contribution >= 0.6 is 0 Å². The largest absolute Gasteiger partial charge is 0.345 e. The number of carbonyl (C=O) groups is 1. The molecule has 2 amide bonds. The molecule has 0 atom stereocenters. The van der Waals surface area contributed by atoms with Crippen molar-refractivity contribution in [2.45, 2.75) is 63.5 Å². The molecular weight excluding hydrogens is 373 g/mol. The summed E-state index contributed by atoms with van der Waals surface area (Å²) in [6, 6.07) is 4.79. The van der Waals surface area contributed by atoms with Gasteiger partial charge >= 0.3 is 11.7 Å². The molecule has 29 heavy (non-hydrogen) atoms. The van der Waals surface area contributed by atoms with Crippen LogP contribution in [0.1, 0.15) is 49.9 Å². The van der Waals surface area contributed by atoms with Gasteiger partial charge in [-0.2, -0.15) is 5.10 Å². The highest BCUT2D eigenvalue weighted by atomic mass is 19.1. The summed E-state index contributed by atoms with van der Waals surface area (Å²) in [5, 5.41) is 7.36. The highest BCUT2D eigenvalue weighted by Crippen LogP contribution is 2.53. The maximum atomic E-state index is 14.5. The van der Waals surface area contributed by atoms with Gasteiger partial charge in [0.15, 0.2) is 0 Å². The van der Waals surface area contributed by atoms with Gasteiger partial charge in [-0.05, 0) is 44.2 Å². The number of halogens is 1. The standard InChI is InChI=1S/C21H26FN5O2/c22-15-6-3-7-16-18(15)21(9-4-10-21)14-26(16)19(28)23-11-5-13-27-20(29)25-12-2-1-8-17(25)24-27/h3,6-7H,1-2,4-5,8-14H2,(H,23,28). The van der Waals surface area contributed by atoms with Gasteiger partial charge in [0.1, 0.15) is 11.6 Å². The fourth-order valence-electron chi connectivity index (χ4n) is 5.04. The molecule has 1 aliphatic carbocycles. The summed E-state index contributed by atoms with van der Waals surface area (Å²) in [5.41, 5.74) is 1.14. The number of nitrogens with zero attached hydrogens (tertiary/aromatic N) is 4. The van der Waals surface area contributed by atoms with Crippen molar-refractivity contribution in [1.29, 1.82) is 0 Å². The van der Waals surface area contributed by atoms with Crippen molar-refractivity contribution in [1.82, 2.24) is 19.7 Å². The molecule has 2 aliphatic heterocycles. The lowest BCUT2D eigenvalue weighted by Gasteiger charge is -2.38. The Balaban J connectivity index is 1.21. The summed E-state index contributed by atoms with van der Waals surface area (Å²) < 4.78 is 17.7. The van der Waals surface area contributed by atoms with Crippen LogP contribution in [0.15, 0.2) is 23.0 Å². The zero-order valence-electron chi connectivity index (χ0n) is 16.5. The highest BCUT2D eigenvalue weighted by molar-refractivity contribution is 5.95. The quantitative estimate of drug-likeness (QED) is 0.804. The number of fused-ring (bicyclic) bond motifs is 3. The van der Waals surface area contributed by atoms with Crippen molar-refractivity contribution in [2.75, 3.05) is 18.0 Å². The lowest BCUT2D eigenvalue weighted by Crippen LogP contribution is -2.45. The average molecular weight is 399 g/mol. The van der Waals surface area contributed by atoms with Crippen molar-refractivity contribution in [3.05, 3.63) is 45.9 Å². The second kappa shape index (κ2) is 7.00. The third-order valence-corrected chi connectivity index (χ3v) is 6.68. The van der Waals surface area contributed by atoms with Crippen molar-refractivity contribution in [2.24, 2.45) is 0 Å². The predicted molar refractivity (Wildman–Crippen MR) is 107 cm³/mol. The van der Waals surface area contributed by atoms with Crippen LogP contribution in [0.5, 0.6) is 0 Å². The Morgan fingerprint density at radius 2 is 2.10 bits per heavy atom. The third kappa shape index (κ3) is 2.96. The second-order valence-corrected chi connectivity index (χ2v) is 8.47. The van der Waals surface area contributed by atoms with Crippen molar-refractivity contribution in [3.63, 3.8) is 0 Å². The minimum atomic E-state index is -0.208. The van der Waals surface area contributed by atoms with Crippen LogP contribution in [0.3, 0.4) is 0 Å². The van der Waals surface area contributed by atoms with E-state index in [1.807, 2.05) is 6.07 Å². The number of aromatic nitrogens is 3. The molecular formula is C21H26FN5O2. The SMILES string of the molecule is O=C(NCCCn1nc2n(c1=O)CCCC2)N1CC2(CCC2)c2c(F)cccc21. The fraction of sp³-hybridized carbons (Fsp3) is 0.571. The van der Waals surface area contributed by atoms with E-state index in [0.717, 1.165) is 50.9 Å². The van der Waals surface area contributed by atoms with Crippen LogP contribution in [0.4, 0.5) is 14.9 Å². The van der Waals surface area contributed by atoms with E-state index < -0.39 is 0 Å². The number of hydrogen-bond acceptors (Lipinski definition) is 3. The van der Waals surface area contributed by atoms with Crippen molar-refractivity contribution in [3.8, 4) is 0 Å². The number of benzene rings is 1. The summed E-state index contributed by atoms with van der Waals surface area (Å²) in [7, 11) is 0. The molecule has 0 radical (unpaired) electrons. The Morgan fingerprint density at radius 3 is 2.86 bits per heavy atom. The highest BCUT2D eigenvalue weighted by Gasteiger charge is 2.50. The first-order valence-corrected chi connectivity index (χ1v) is 10.6. The fourth-order valence-corrected chi connectivity index (χ4v) is 5.04. The number of aryl methyl sites for hydroxylation is 2. The van der Waals surface area contributed by atoms with Gasteiger partial charge in [0, 0.05) is 43.6 Å². The smallest absolute Gasteiger partial charge is 0.338 e. The normalized spacial score (nSPS) is 19.0. The number of rotatable bonds is 4. The molecule has 1 fully saturated rings. The molecule has 1 N–H and O–H groups in total. The average Bonchev–Trinajstić information content (AvgIpc) is 3.22. The second-order valence-electron chi connectivity index (χ2n) is 8.47. The van der Waals surface area contributed by atoms with E-state index in [-0.39, 0.29) is 23.0 Å². The molecule has 5 rings (SSSR count). The first-order chi connectivity index (χ1) is 14.1. The van der Waals surface area contributed by atoms with Crippen LogP contribution in [0.2, 0.25) is 0 Å². The molecule has 2 aromatic rings. The summed E-state index contributed by atoms with van der Waals surface area (Å²) in [6.45, 7) is 2.22. The predicted octanol–water partition coefficient (Wildman–Crippen LogP) is 2.56. The topological polar surface area (TPSA) is 72.2 Å². The van der Waals surface area contributed by atoms with Gasteiger partial charge in [0.25, 0.3) is 0 Å². The van der Waals surface area contributed by atoms with Gasteiger partial charge in [0.2, 0.25) is 0 Å². The van der Waals surface area contributed by atoms with Crippen LogP contribution in [0.25, 0.3) is 0 Å². The monoisotopic (exact) mass is 399 g/mol. The summed E-state index contributed by atoms with van der Waals surface area (Å²) >= 11 is 0. The van der Waals surface area contributed by atoms with Crippen LogP contribution in [-0.2, 0) is 24.9 Å². The van der Waals surface area contributed by atoms with E-state index in [9.17, 15) is 14.0 Å². The third-order valence-electron chi connectivity index (χ3n) is 6.68. The Bertz CT molecular complexity index is 1010. The summed E-state index contributed by atoms with van der Waals surface area (Å²) in [4.78, 5) is 26.8. The van der Waals surface area contributed by atoms with Gasteiger partial charge in [-0.25, -0.2) is 18.7 Å². The number of hydrogen-bond donors (Lipinski definition) is 1. The Labute approximate surface area is 168 Å². The molecule has 0 unspecified atom stereocenters. The van der Waals surface area contributed by atoms with E-state index in [2.05, 4.69) is 10.4 Å². The molecule has 0 saturated heterocycles. The van der Waals surface area contributed by atoms with E-state index >= 15 is 0 Å². The van der Waals surface area contributed by atoms with Gasteiger partial charge in [-0.3, -0.25) is 9.47 Å². The molecule has 0 bridgehead atoms. The molecule has 1 saturated carbocycles. The molecule has 7 nitrogen and oxygen atoms in total. The first-order valence-electron chi connectivity index (χ1n) is 10.6. The van der Waals surface area contributed by atoms with Gasteiger partial charge in [-0.1, -0.05) is 12.5 Å². The number of anilines is 1. The maximum Gasteiger partial charge on any atom is 0.345 e. The van der Waals surface area contributed by atoms with Crippen LogP contribution in [0, 0.1) is 5.82 Å². The van der Waals surface area contributed by atoms with E-state index in [1.165, 1.54) is 10.7 Å². The number of amides is 2. The van der Waals surface area contributed by atoms with Gasteiger partial charge in [-0.15, -0.1) is 0 Å². The molecule has 8 heteroatoms. The van der Waals surface area contributed by atoms with E-state index in [1.54, 1.807) is 15.5 Å². The zero-order chi connectivity index (χ0) is 20.0.